The van der Waals surface area contributed by atoms with Crippen LogP contribution in [0.5, 0.6) is 11.5 Å². The molecular formula is C20H32IN3O4. The van der Waals surface area contributed by atoms with Crippen molar-refractivity contribution in [2.24, 2.45) is 16.8 Å². The SMILES string of the molecule is CCNC(=NCCc1cc(OC)ccc1OC)N1CC(C)C(C(=O)OC)C1.I. The number of hydrogen-bond donors (Lipinski definition) is 1. The van der Waals surface area contributed by atoms with E-state index in [0.29, 0.717) is 13.1 Å². The van der Waals surface area contributed by atoms with E-state index < -0.39 is 0 Å². The van der Waals surface area contributed by atoms with E-state index in [9.17, 15) is 4.79 Å². The number of carbonyl (C=O) groups is 1. The van der Waals surface area contributed by atoms with Crippen molar-refractivity contribution in [2.45, 2.75) is 20.3 Å². The van der Waals surface area contributed by atoms with Gasteiger partial charge in [-0.15, -0.1) is 24.0 Å². The smallest absolute Gasteiger partial charge is 0.310 e. The van der Waals surface area contributed by atoms with Crippen LogP contribution in [0, 0.1) is 11.8 Å². The molecule has 1 aromatic carbocycles. The maximum Gasteiger partial charge on any atom is 0.310 e. The topological polar surface area (TPSA) is 72.4 Å². The minimum Gasteiger partial charge on any atom is -0.497 e. The molecule has 1 heterocycles. The van der Waals surface area contributed by atoms with Crippen molar-refractivity contribution in [3.05, 3.63) is 23.8 Å². The van der Waals surface area contributed by atoms with E-state index in [-0.39, 0.29) is 41.8 Å². The van der Waals surface area contributed by atoms with Crippen LogP contribution in [0.15, 0.2) is 23.2 Å². The van der Waals surface area contributed by atoms with Gasteiger partial charge < -0.3 is 24.4 Å². The first-order valence-corrected chi connectivity index (χ1v) is 9.36. The lowest BCUT2D eigenvalue weighted by Crippen LogP contribution is -2.40. The number of hydrogen-bond acceptors (Lipinski definition) is 5. The molecular weight excluding hydrogens is 473 g/mol. The van der Waals surface area contributed by atoms with Crippen LogP contribution in [-0.4, -0.2) is 64.3 Å². The Morgan fingerprint density at radius 3 is 2.61 bits per heavy atom. The van der Waals surface area contributed by atoms with Gasteiger partial charge in [0.15, 0.2) is 5.96 Å². The molecule has 0 radical (unpaired) electrons. The summed E-state index contributed by atoms with van der Waals surface area (Å²) in [5, 5.41) is 3.33. The highest BCUT2D eigenvalue weighted by molar-refractivity contribution is 14.0. The lowest BCUT2D eigenvalue weighted by atomic mass is 9.99. The summed E-state index contributed by atoms with van der Waals surface area (Å²) in [5.41, 5.74) is 1.05. The van der Waals surface area contributed by atoms with Gasteiger partial charge in [0.2, 0.25) is 0 Å². The number of benzene rings is 1. The van der Waals surface area contributed by atoms with Gasteiger partial charge in [-0.05, 0) is 43.0 Å². The summed E-state index contributed by atoms with van der Waals surface area (Å²) in [7, 11) is 4.76. The minimum atomic E-state index is -0.151. The van der Waals surface area contributed by atoms with Crippen molar-refractivity contribution in [1.29, 1.82) is 0 Å². The summed E-state index contributed by atoms with van der Waals surface area (Å²) >= 11 is 0. The Labute approximate surface area is 184 Å². The van der Waals surface area contributed by atoms with Gasteiger partial charge >= 0.3 is 5.97 Å². The van der Waals surface area contributed by atoms with Gasteiger partial charge in [-0.1, -0.05) is 6.92 Å². The highest BCUT2D eigenvalue weighted by atomic mass is 127. The first-order valence-electron chi connectivity index (χ1n) is 9.36. The zero-order valence-corrected chi connectivity index (χ0v) is 19.7. The summed E-state index contributed by atoms with van der Waals surface area (Å²) in [4.78, 5) is 18.8. The zero-order chi connectivity index (χ0) is 19.8. The molecule has 2 atom stereocenters. The molecule has 158 valence electrons. The molecule has 0 amide bonds. The molecule has 8 heteroatoms. The Morgan fingerprint density at radius 1 is 1.25 bits per heavy atom. The molecule has 0 aromatic heterocycles. The number of esters is 1. The summed E-state index contributed by atoms with van der Waals surface area (Å²) in [6.45, 7) is 6.91. The Bertz CT molecular complexity index is 669. The average molecular weight is 505 g/mol. The van der Waals surface area contributed by atoms with Gasteiger partial charge in [-0.2, -0.15) is 0 Å². The number of methoxy groups -OCH3 is 3. The predicted molar refractivity (Wildman–Crippen MR) is 121 cm³/mol. The number of likely N-dealkylation sites (tertiary alicyclic amines) is 1. The van der Waals surface area contributed by atoms with Gasteiger partial charge in [0.1, 0.15) is 11.5 Å². The van der Waals surface area contributed by atoms with E-state index in [1.807, 2.05) is 25.1 Å². The van der Waals surface area contributed by atoms with E-state index in [1.165, 1.54) is 7.11 Å². The number of aliphatic imine (C=N–C) groups is 1. The highest BCUT2D eigenvalue weighted by Crippen LogP contribution is 2.25. The lowest BCUT2D eigenvalue weighted by Gasteiger charge is -2.21. The molecule has 1 aliphatic rings. The molecule has 1 aromatic rings. The second kappa shape index (κ2) is 12.0. The van der Waals surface area contributed by atoms with Crippen molar-refractivity contribution in [3.63, 3.8) is 0 Å². The molecule has 1 fully saturated rings. The molecule has 1 N–H and O–H groups in total. The number of halogens is 1. The standard InChI is InChI=1S/C20H31N3O4.HI/c1-6-21-20(23-12-14(2)17(13-23)19(24)27-5)22-10-9-15-11-16(25-3)7-8-18(15)26-4;/h7-8,11,14,17H,6,9-10,12-13H2,1-5H3,(H,21,22);1H. The van der Waals surface area contributed by atoms with E-state index in [1.54, 1.807) is 14.2 Å². The second-order valence-electron chi connectivity index (χ2n) is 6.68. The summed E-state index contributed by atoms with van der Waals surface area (Å²) in [6, 6.07) is 5.77. The molecule has 0 aliphatic carbocycles. The maximum absolute atomic E-state index is 11.9. The van der Waals surface area contributed by atoms with Gasteiger partial charge in [-0.25, -0.2) is 0 Å². The van der Waals surface area contributed by atoms with E-state index in [2.05, 4.69) is 17.1 Å². The van der Waals surface area contributed by atoms with Gasteiger partial charge in [0.25, 0.3) is 0 Å². The molecule has 0 saturated carbocycles. The summed E-state index contributed by atoms with van der Waals surface area (Å²) in [6.07, 6.45) is 0.735. The molecule has 7 nitrogen and oxygen atoms in total. The largest absolute Gasteiger partial charge is 0.497 e. The minimum absolute atomic E-state index is 0. The Hall–Kier alpha value is -1.71. The predicted octanol–water partition coefficient (Wildman–Crippen LogP) is 2.57. The van der Waals surface area contributed by atoms with Crippen molar-refractivity contribution in [2.75, 3.05) is 47.5 Å². The fraction of sp³-hybridized carbons (Fsp3) is 0.600. The average Bonchev–Trinajstić information content (AvgIpc) is 3.08. The molecule has 1 aliphatic heterocycles. The fourth-order valence-electron chi connectivity index (χ4n) is 3.38. The van der Waals surface area contributed by atoms with E-state index in [0.717, 1.165) is 42.5 Å². The van der Waals surface area contributed by atoms with Crippen molar-refractivity contribution in [1.82, 2.24) is 10.2 Å². The number of nitrogens with one attached hydrogen (secondary N) is 1. The first-order chi connectivity index (χ1) is 13.0. The van der Waals surface area contributed by atoms with Crippen LogP contribution in [0.25, 0.3) is 0 Å². The van der Waals surface area contributed by atoms with Crippen LogP contribution in [0.1, 0.15) is 19.4 Å². The molecule has 28 heavy (non-hydrogen) atoms. The highest BCUT2D eigenvalue weighted by Gasteiger charge is 2.36. The van der Waals surface area contributed by atoms with Crippen LogP contribution in [0.2, 0.25) is 0 Å². The second-order valence-corrected chi connectivity index (χ2v) is 6.68. The molecule has 0 bridgehead atoms. The number of carbonyl (C=O) groups excluding carboxylic acids is 1. The van der Waals surface area contributed by atoms with Crippen LogP contribution in [-0.2, 0) is 16.0 Å². The Kier molecular flexibility index (Phi) is 10.4. The first kappa shape index (κ1) is 24.3. The quantitative estimate of drug-likeness (QED) is 0.266. The monoisotopic (exact) mass is 505 g/mol. The van der Waals surface area contributed by atoms with E-state index >= 15 is 0 Å². The van der Waals surface area contributed by atoms with Crippen LogP contribution in [0.3, 0.4) is 0 Å². The third-order valence-corrected chi connectivity index (χ3v) is 4.88. The van der Waals surface area contributed by atoms with Crippen molar-refractivity contribution >= 4 is 35.9 Å². The van der Waals surface area contributed by atoms with Crippen LogP contribution in [0.4, 0.5) is 0 Å². The Morgan fingerprint density at radius 2 is 2.00 bits per heavy atom. The number of guanidine groups is 1. The summed E-state index contributed by atoms with van der Waals surface area (Å²) in [5.74, 6) is 2.43. The van der Waals surface area contributed by atoms with Crippen molar-refractivity contribution < 1.29 is 19.0 Å². The Balaban J connectivity index is 0.00000392. The third kappa shape index (κ3) is 6.15. The van der Waals surface area contributed by atoms with Gasteiger partial charge in [-0.3, -0.25) is 9.79 Å². The van der Waals surface area contributed by atoms with Gasteiger partial charge in [0.05, 0.1) is 27.2 Å². The number of nitrogens with zero attached hydrogens (tertiary/aromatic N) is 2. The normalized spacial score (nSPS) is 19.0. The fourth-order valence-corrected chi connectivity index (χ4v) is 3.38. The third-order valence-electron chi connectivity index (χ3n) is 4.88. The molecule has 2 rings (SSSR count). The van der Waals surface area contributed by atoms with Crippen LogP contribution < -0.4 is 14.8 Å². The lowest BCUT2D eigenvalue weighted by molar-refractivity contribution is -0.145. The molecule has 1 saturated heterocycles. The number of ether oxygens (including phenoxy) is 3. The summed E-state index contributed by atoms with van der Waals surface area (Å²) < 4.78 is 15.7. The van der Waals surface area contributed by atoms with E-state index in [4.69, 9.17) is 19.2 Å². The van der Waals surface area contributed by atoms with Crippen LogP contribution >= 0.6 is 24.0 Å². The number of rotatable bonds is 7. The molecule has 0 spiro atoms. The molecule has 2 unspecified atom stereocenters. The maximum atomic E-state index is 11.9. The van der Waals surface area contributed by atoms with Gasteiger partial charge in [0, 0.05) is 26.2 Å². The van der Waals surface area contributed by atoms with Crippen molar-refractivity contribution in [3.8, 4) is 11.5 Å². The zero-order valence-electron chi connectivity index (χ0n) is 17.4.